The second-order valence-corrected chi connectivity index (χ2v) is 4.95. The van der Waals surface area contributed by atoms with E-state index in [1.54, 1.807) is 0 Å². The fourth-order valence-corrected chi connectivity index (χ4v) is 2.11. The maximum Gasteiger partial charge on any atom is 0.189 e. The van der Waals surface area contributed by atoms with Crippen LogP contribution in [0.25, 0.3) is 0 Å². The van der Waals surface area contributed by atoms with E-state index in [1.165, 1.54) is 18.7 Å². The van der Waals surface area contributed by atoms with E-state index in [0.717, 1.165) is 25.1 Å². The zero-order valence-corrected chi connectivity index (χ0v) is 11.3. The normalized spacial score (nSPS) is 17.3. The standard InChI is InChI=1S/C13H23N5/c1-3-10(2)16-13(14)15-8-11-9-18-7-5-4-6-12(18)17-11/h9-10H,3-8H2,1-2H3,(H3,14,15,16). The number of nitrogens with two attached hydrogens (primary N) is 1. The molecule has 0 spiro atoms. The van der Waals surface area contributed by atoms with E-state index in [0.29, 0.717) is 18.5 Å². The Kier molecular flexibility index (Phi) is 4.23. The molecule has 1 aromatic rings. The zero-order valence-electron chi connectivity index (χ0n) is 11.3. The highest BCUT2D eigenvalue weighted by molar-refractivity contribution is 5.78. The number of imidazole rings is 1. The van der Waals surface area contributed by atoms with Gasteiger partial charge in [-0.1, -0.05) is 6.92 Å². The molecule has 5 heteroatoms. The smallest absolute Gasteiger partial charge is 0.189 e. The molecule has 0 aromatic carbocycles. The maximum atomic E-state index is 5.82. The number of aliphatic imine (C=N–C) groups is 1. The predicted octanol–water partition coefficient (Wildman–Crippen LogP) is 1.42. The second kappa shape index (κ2) is 5.89. The summed E-state index contributed by atoms with van der Waals surface area (Å²) in [6, 6.07) is 0.365. The molecule has 0 aliphatic carbocycles. The molecule has 5 nitrogen and oxygen atoms in total. The van der Waals surface area contributed by atoms with Crippen LogP contribution < -0.4 is 11.1 Å². The average Bonchev–Trinajstić information content (AvgIpc) is 2.79. The lowest BCUT2D eigenvalue weighted by atomic mass is 10.2. The van der Waals surface area contributed by atoms with Crippen LogP contribution in [-0.4, -0.2) is 21.6 Å². The molecular weight excluding hydrogens is 226 g/mol. The van der Waals surface area contributed by atoms with E-state index in [9.17, 15) is 0 Å². The van der Waals surface area contributed by atoms with Gasteiger partial charge in [-0.25, -0.2) is 9.98 Å². The summed E-state index contributed by atoms with van der Waals surface area (Å²) in [4.78, 5) is 8.93. The summed E-state index contributed by atoms with van der Waals surface area (Å²) in [5, 5.41) is 3.15. The van der Waals surface area contributed by atoms with Crippen LogP contribution in [0.3, 0.4) is 0 Å². The number of aryl methyl sites for hydroxylation is 2. The molecule has 1 unspecified atom stereocenters. The number of nitrogens with zero attached hydrogens (tertiary/aromatic N) is 3. The molecule has 1 aromatic heterocycles. The number of rotatable bonds is 4. The van der Waals surface area contributed by atoms with E-state index >= 15 is 0 Å². The van der Waals surface area contributed by atoms with Crippen molar-refractivity contribution in [1.82, 2.24) is 14.9 Å². The molecule has 3 N–H and O–H groups in total. The van der Waals surface area contributed by atoms with Gasteiger partial charge in [0.15, 0.2) is 5.96 Å². The van der Waals surface area contributed by atoms with Crippen LogP contribution in [0.5, 0.6) is 0 Å². The van der Waals surface area contributed by atoms with Gasteiger partial charge in [0.05, 0.1) is 12.2 Å². The Bertz CT molecular complexity index is 398. The molecule has 2 heterocycles. The summed E-state index contributed by atoms with van der Waals surface area (Å²) in [6.45, 7) is 5.87. The topological polar surface area (TPSA) is 68.2 Å². The van der Waals surface area contributed by atoms with E-state index in [-0.39, 0.29) is 0 Å². The molecule has 100 valence electrons. The van der Waals surface area contributed by atoms with Gasteiger partial charge in [-0.05, 0) is 26.2 Å². The van der Waals surface area contributed by atoms with Crippen LogP contribution in [0, 0.1) is 0 Å². The summed E-state index contributed by atoms with van der Waals surface area (Å²) in [6.07, 6.45) is 6.73. The Balaban J connectivity index is 1.93. The first-order valence-corrected chi connectivity index (χ1v) is 6.80. The fourth-order valence-electron chi connectivity index (χ4n) is 2.11. The van der Waals surface area contributed by atoms with Crippen molar-refractivity contribution >= 4 is 5.96 Å². The van der Waals surface area contributed by atoms with Crippen molar-refractivity contribution in [3.63, 3.8) is 0 Å². The average molecular weight is 249 g/mol. The fraction of sp³-hybridized carbons (Fsp3) is 0.692. The third-order valence-corrected chi connectivity index (χ3v) is 3.38. The van der Waals surface area contributed by atoms with Gasteiger partial charge in [0.25, 0.3) is 0 Å². The highest BCUT2D eigenvalue weighted by Crippen LogP contribution is 2.14. The zero-order chi connectivity index (χ0) is 13.0. The van der Waals surface area contributed by atoms with Gasteiger partial charge >= 0.3 is 0 Å². The molecule has 0 radical (unpaired) electrons. The molecular formula is C13H23N5. The first-order chi connectivity index (χ1) is 8.69. The monoisotopic (exact) mass is 249 g/mol. The van der Waals surface area contributed by atoms with Crippen LogP contribution in [0.4, 0.5) is 0 Å². The summed E-state index contributed by atoms with van der Waals surface area (Å²) in [5.41, 5.74) is 6.84. The lowest BCUT2D eigenvalue weighted by molar-refractivity contribution is 0.522. The summed E-state index contributed by atoms with van der Waals surface area (Å²) in [5.74, 6) is 1.70. The Morgan fingerprint density at radius 2 is 2.44 bits per heavy atom. The number of hydrogen-bond acceptors (Lipinski definition) is 2. The number of aromatic nitrogens is 2. The number of hydrogen-bond donors (Lipinski definition) is 2. The molecule has 0 saturated carbocycles. The lowest BCUT2D eigenvalue weighted by Crippen LogP contribution is -2.38. The van der Waals surface area contributed by atoms with E-state index < -0.39 is 0 Å². The first kappa shape index (κ1) is 12.9. The Hall–Kier alpha value is -1.52. The van der Waals surface area contributed by atoms with Gasteiger partial charge in [-0.3, -0.25) is 0 Å². The first-order valence-electron chi connectivity index (χ1n) is 6.80. The summed E-state index contributed by atoms with van der Waals surface area (Å²) in [7, 11) is 0. The number of fused-ring (bicyclic) bond motifs is 1. The molecule has 1 aliphatic rings. The largest absolute Gasteiger partial charge is 0.370 e. The Morgan fingerprint density at radius 3 is 3.17 bits per heavy atom. The lowest BCUT2D eigenvalue weighted by Gasteiger charge is -2.11. The van der Waals surface area contributed by atoms with Crippen LogP contribution >= 0.6 is 0 Å². The molecule has 1 aliphatic heterocycles. The van der Waals surface area contributed by atoms with Crippen LogP contribution in [0.15, 0.2) is 11.2 Å². The van der Waals surface area contributed by atoms with Crippen molar-refractivity contribution in [3.8, 4) is 0 Å². The number of guanidine groups is 1. The van der Waals surface area contributed by atoms with Crippen molar-refractivity contribution in [2.45, 2.75) is 58.7 Å². The quantitative estimate of drug-likeness (QED) is 0.626. The third-order valence-electron chi connectivity index (χ3n) is 3.38. The number of nitrogens with one attached hydrogen (secondary N) is 1. The molecule has 0 fully saturated rings. The third kappa shape index (κ3) is 3.24. The summed E-state index contributed by atoms with van der Waals surface area (Å²) >= 11 is 0. The molecule has 18 heavy (non-hydrogen) atoms. The van der Waals surface area contributed by atoms with Crippen molar-refractivity contribution in [3.05, 3.63) is 17.7 Å². The maximum absolute atomic E-state index is 5.82. The van der Waals surface area contributed by atoms with Crippen molar-refractivity contribution in [2.24, 2.45) is 10.7 Å². The van der Waals surface area contributed by atoms with E-state index in [1.807, 2.05) is 0 Å². The second-order valence-electron chi connectivity index (χ2n) is 4.95. The van der Waals surface area contributed by atoms with Crippen LogP contribution in [0.1, 0.15) is 44.6 Å². The minimum Gasteiger partial charge on any atom is -0.370 e. The molecule has 0 saturated heterocycles. The van der Waals surface area contributed by atoms with Crippen molar-refractivity contribution in [2.75, 3.05) is 0 Å². The van der Waals surface area contributed by atoms with Gasteiger partial charge in [-0.2, -0.15) is 0 Å². The Labute approximate surface area is 108 Å². The van der Waals surface area contributed by atoms with Crippen molar-refractivity contribution in [1.29, 1.82) is 0 Å². The molecule has 2 rings (SSSR count). The molecule has 0 bridgehead atoms. The van der Waals surface area contributed by atoms with Gasteiger partial charge < -0.3 is 15.6 Å². The minimum absolute atomic E-state index is 0.365. The van der Waals surface area contributed by atoms with Gasteiger partial charge in [-0.15, -0.1) is 0 Å². The molecule has 0 amide bonds. The van der Waals surface area contributed by atoms with Gasteiger partial charge in [0, 0.05) is 25.2 Å². The van der Waals surface area contributed by atoms with E-state index in [4.69, 9.17) is 5.73 Å². The minimum atomic E-state index is 0.365. The van der Waals surface area contributed by atoms with Crippen molar-refractivity contribution < 1.29 is 0 Å². The predicted molar refractivity (Wildman–Crippen MR) is 73.4 cm³/mol. The van der Waals surface area contributed by atoms with Gasteiger partial charge in [0.2, 0.25) is 0 Å². The summed E-state index contributed by atoms with van der Waals surface area (Å²) < 4.78 is 2.24. The highest BCUT2D eigenvalue weighted by atomic mass is 15.1. The van der Waals surface area contributed by atoms with Crippen LogP contribution in [-0.2, 0) is 19.5 Å². The van der Waals surface area contributed by atoms with E-state index in [2.05, 4.69) is 39.9 Å². The Morgan fingerprint density at radius 1 is 1.61 bits per heavy atom. The SMILES string of the molecule is CCC(C)NC(N)=NCc1cn2c(n1)CCCC2. The van der Waals surface area contributed by atoms with Gasteiger partial charge in [0.1, 0.15) is 5.82 Å². The molecule has 1 atom stereocenters. The van der Waals surface area contributed by atoms with Crippen LogP contribution in [0.2, 0.25) is 0 Å². The highest BCUT2D eigenvalue weighted by Gasteiger charge is 2.11.